The Morgan fingerprint density at radius 2 is 1.91 bits per heavy atom. The van der Waals surface area contributed by atoms with E-state index in [0.717, 1.165) is 6.42 Å². The maximum Gasteiger partial charge on any atom is 0.470 e. The molecule has 1 aliphatic rings. The minimum atomic E-state index is -4.66. The number of halogens is 3. The smallest absolute Gasteiger partial charge is 0.417 e. The van der Waals surface area contributed by atoms with Crippen LogP contribution in [0.4, 0.5) is 13.2 Å². The van der Waals surface area contributed by atoms with Gasteiger partial charge in [-0.15, -0.1) is 10.2 Å². The van der Waals surface area contributed by atoms with Crippen molar-refractivity contribution in [3.8, 4) is 0 Å². The van der Waals surface area contributed by atoms with Crippen LogP contribution in [0.5, 0.6) is 0 Å². The SMILES string of the molecule is CCCCS(=O)(=O)N1CCC(c2nnc(C(F)(F)F)o2)CC1. The van der Waals surface area contributed by atoms with Crippen molar-refractivity contribution >= 4 is 10.0 Å². The van der Waals surface area contributed by atoms with Crippen LogP contribution in [0.3, 0.4) is 0 Å². The zero-order chi connectivity index (χ0) is 16.4. The largest absolute Gasteiger partial charge is 0.470 e. The van der Waals surface area contributed by atoms with Crippen molar-refractivity contribution in [3.05, 3.63) is 11.8 Å². The second kappa shape index (κ2) is 6.53. The first-order valence-corrected chi connectivity index (χ1v) is 8.73. The van der Waals surface area contributed by atoms with Crippen molar-refractivity contribution in [2.75, 3.05) is 18.8 Å². The number of aromatic nitrogens is 2. The predicted molar refractivity (Wildman–Crippen MR) is 71.5 cm³/mol. The van der Waals surface area contributed by atoms with Gasteiger partial charge in [0.25, 0.3) is 0 Å². The quantitative estimate of drug-likeness (QED) is 0.822. The van der Waals surface area contributed by atoms with Gasteiger partial charge in [-0.2, -0.15) is 13.2 Å². The first-order chi connectivity index (χ1) is 10.2. The molecule has 1 fully saturated rings. The summed E-state index contributed by atoms with van der Waals surface area (Å²) >= 11 is 0. The first kappa shape index (κ1) is 17.2. The van der Waals surface area contributed by atoms with Crippen LogP contribution in [0.2, 0.25) is 0 Å². The van der Waals surface area contributed by atoms with Gasteiger partial charge in [0.1, 0.15) is 0 Å². The summed E-state index contributed by atoms with van der Waals surface area (Å²) in [5.74, 6) is -1.66. The Labute approximate surface area is 126 Å². The van der Waals surface area contributed by atoms with E-state index in [1.54, 1.807) is 0 Å². The topological polar surface area (TPSA) is 76.3 Å². The molecule has 0 spiro atoms. The van der Waals surface area contributed by atoms with E-state index in [2.05, 4.69) is 14.6 Å². The summed E-state index contributed by atoms with van der Waals surface area (Å²) in [4.78, 5) is 0. The Kier molecular flexibility index (Phi) is 5.10. The van der Waals surface area contributed by atoms with Gasteiger partial charge in [0, 0.05) is 19.0 Å². The summed E-state index contributed by atoms with van der Waals surface area (Å²) in [5.41, 5.74) is 0. The van der Waals surface area contributed by atoms with E-state index in [9.17, 15) is 21.6 Å². The fourth-order valence-corrected chi connectivity index (χ4v) is 4.03. The van der Waals surface area contributed by atoms with Crippen molar-refractivity contribution in [1.29, 1.82) is 0 Å². The molecule has 2 heterocycles. The molecule has 2 rings (SSSR count). The van der Waals surface area contributed by atoms with Crippen LogP contribution in [-0.2, 0) is 16.2 Å². The van der Waals surface area contributed by atoms with E-state index in [4.69, 9.17) is 0 Å². The molecule has 0 unspecified atom stereocenters. The van der Waals surface area contributed by atoms with Crippen molar-refractivity contribution in [3.63, 3.8) is 0 Å². The van der Waals surface area contributed by atoms with Crippen molar-refractivity contribution in [2.45, 2.75) is 44.7 Å². The maximum absolute atomic E-state index is 12.4. The molecule has 1 aromatic heterocycles. The summed E-state index contributed by atoms with van der Waals surface area (Å²) in [6, 6.07) is 0. The third-order valence-electron chi connectivity index (χ3n) is 3.64. The number of hydrogen-bond donors (Lipinski definition) is 0. The normalized spacial score (nSPS) is 18.7. The van der Waals surface area contributed by atoms with Crippen LogP contribution in [0.1, 0.15) is 50.3 Å². The van der Waals surface area contributed by atoms with E-state index < -0.39 is 22.1 Å². The second-order valence-electron chi connectivity index (χ2n) is 5.29. The molecule has 0 aromatic carbocycles. The van der Waals surface area contributed by atoms with E-state index >= 15 is 0 Å². The van der Waals surface area contributed by atoms with Gasteiger partial charge >= 0.3 is 12.1 Å². The summed E-state index contributed by atoms with van der Waals surface area (Å²) in [7, 11) is -3.28. The average Bonchev–Trinajstić information content (AvgIpc) is 2.95. The lowest BCUT2D eigenvalue weighted by Crippen LogP contribution is -2.39. The molecule has 126 valence electrons. The number of sulfonamides is 1. The standard InChI is InChI=1S/C12H18F3N3O3S/c1-2-3-8-22(19,20)18-6-4-9(5-7-18)10-16-17-11(21-10)12(13,14)15/h9H,2-8H2,1H3. The van der Waals surface area contributed by atoms with Crippen LogP contribution in [-0.4, -0.2) is 41.8 Å². The molecule has 1 aliphatic heterocycles. The maximum atomic E-state index is 12.4. The Bertz CT molecular complexity index is 592. The third-order valence-corrected chi connectivity index (χ3v) is 5.59. The predicted octanol–water partition coefficient (Wildman–Crippen LogP) is 2.40. The molecule has 0 radical (unpaired) electrons. The van der Waals surface area contributed by atoms with Gasteiger partial charge < -0.3 is 4.42 Å². The number of alkyl halides is 3. The minimum Gasteiger partial charge on any atom is -0.417 e. The third kappa shape index (κ3) is 3.97. The molecular formula is C12H18F3N3O3S. The number of piperidine rings is 1. The van der Waals surface area contributed by atoms with Crippen LogP contribution >= 0.6 is 0 Å². The summed E-state index contributed by atoms with van der Waals surface area (Å²) in [6.45, 7) is 2.44. The number of nitrogens with zero attached hydrogens (tertiary/aromatic N) is 3. The highest BCUT2D eigenvalue weighted by Gasteiger charge is 2.39. The summed E-state index contributed by atoms with van der Waals surface area (Å²) < 4.78 is 67.4. The minimum absolute atomic E-state index is 0.0714. The second-order valence-corrected chi connectivity index (χ2v) is 7.37. The fraction of sp³-hybridized carbons (Fsp3) is 0.833. The zero-order valence-corrected chi connectivity index (χ0v) is 13.0. The van der Waals surface area contributed by atoms with Crippen LogP contribution in [0, 0.1) is 0 Å². The highest BCUT2D eigenvalue weighted by molar-refractivity contribution is 7.89. The lowest BCUT2D eigenvalue weighted by molar-refractivity contribution is -0.157. The van der Waals surface area contributed by atoms with Crippen LogP contribution in [0.25, 0.3) is 0 Å². The Hall–Kier alpha value is -1.16. The highest BCUT2D eigenvalue weighted by atomic mass is 32.2. The molecule has 0 N–H and O–H groups in total. The lowest BCUT2D eigenvalue weighted by atomic mass is 9.98. The molecule has 1 aromatic rings. The molecule has 22 heavy (non-hydrogen) atoms. The first-order valence-electron chi connectivity index (χ1n) is 7.12. The van der Waals surface area contributed by atoms with E-state index in [-0.39, 0.29) is 30.7 Å². The molecule has 10 heteroatoms. The van der Waals surface area contributed by atoms with E-state index in [0.29, 0.717) is 19.3 Å². The lowest BCUT2D eigenvalue weighted by Gasteiger charge is -2.29. The molecule has 0 saturated carbocycles. The molecule has 6 nitrogen and oxygen atoms in total. The van der Waals surface area contributed by atoms with Crippen LogP contribution in [0.15, 0.2) is 4.42 Å². The molecule has 0 bridgehead atoms. The molecule has 1 saturated heterocycles. The Morgan fingerprint density at radius 1 is 1.27 bits per heavy atom. The summed E-state index contributed by atoms with van der Waals surface area (Å²) in [5, 5.41) is 6.44. The fourth-order valence-electron chi connectivity index (χ4n) is 2.35. The molecular weight excluding hydrogens is 323 g/mol. The average molecular weight is 341 g/mol. The van der Waals surface area contributed by atoms with Gasteiger partial charge in [-0.1, -0.05) is 13.3 Å². The Balaban J connectivity index is 1.96. The zero-order valence-electron chi connectivity index (χ0n) is 12.1. The number of rotatable bonds is 5. The molecule has 0 aliphatic carbocycles. The highest BCUT2D eigenvalue weighted by Crippen LogP contribution is 2.33. The van der Waals surface area contributed by atoms with E-state index in [1.165, 1.54) is 4.31 Å². The molecule has 0 amide bonds. The number of hydrogen-bond acceptors (Lipinski definition) is 5. The van der Waals surface area contributed by atoms with Gasteiger partial charge in [-0.25, -0.2) is 12.7 Å². The van der Waals surface area contributed by atoms with Crippen LogP contribution < -0.4 is 0 Å². The van der Waals surface area contributed by atoms with Crippen molar-refractivity contribution in [2.24, 2.45) is 0 Å². The molecule has 0 atom stereocenters. The van der Waals surface area contributed by atoms with E-state index in [1.807, 2.05) is 6.92 Å². The Morgan fingerprint density at radius 3 is 2.41 bits per heavy atom. The van der Waals surface area contributed by atoms with Gasteiger partial charge in [0.05, 0.1) is 5.75 Å². The number of unbranched alkanes of at least 4 members (excludes halogenated alkanes) is 1. The van der Waals surface area contributed by atoms with Crippen molar-refractivity contribution < 1.29 is 26.0 Å². The van der Waals surface area contributed by atoms with Crippen molar-refractivity contribution in [1.82, 2.24) is 14.5 Å². The van der Waals surface area contributed by atoms with Gasteiger partial charge in [0.2, 0.25) is 15.9 Å². The van der Waals surface area contributed by atoms with Gasteiger partial charge in [-0.3, -0.25) is 0 Å². The van der Waals surface area contributed by atoms with Gasteiger partial charge in [0.15, 0.2) is 0 Å². The monoisotopic (exact) mass is 341 g/mol. The van der Waals surface area contributed by atoms with Gasteiger partial charge in [-0.05, 0) is 19.3 Å². The summed E-state index contributed by atoms with van der Waals surface area (Å²) in [6.07, 6.45) is -2.51.